The Hall–Kier alpha value is -3.09. The van der Waals surface area contributed by atoms with Crippen LogP contribution in [0.2, 0.25) is 5.02 Å². The first-order valence-electron chi connectivity index (χ1n) is 9.51. The summed E-state index contributed by atoms with van der Waals surface area (Å²) >= 11 is 7.38. The van der Waals surface area contributed by atoms with Crippen LogP contribution in [-0.2, 0) is 9.59 Å². The van der Waals surface area contributed by atoms with E-state index in [2.05, 4.69) is 5.32 Å². The van der Waals surface area contributed by atoms with Gasteiger partial charge in [-0.1, -0.05) is 30.7 Å². The Balaban J connectivity index is 1.72. The van der Waals surface area contributed by atoms with Crippen LogP contribution < -0.4 is 15.0 Å². The van der Waals surface area contributed by atoms with E-state index >= 15 is 0 Å². The zero-order chi connectivity index (χ0) is 21.1. The molecule has 1 N–H and O–H groups in total. The smallest absolute Gasteiger partial charge is 0.282 e. The predicted octanol–water partition coefficient (Wildman–Crippen LogP) is 5.59. The molecule has 1 aliphatic rings. The van der Waals surface area contributed by atoms with Crippen molar-refractivity contribution in [3.05, 3.63) is 81.6 Å². The average Bonchev–Trinajstić information content (AvgIpc) is 3.35. The molecule has 2 heterocycles. The van der Waals surface area contributed by atoms with Crippen molar-refractivity contribution in [3.63, 3.8) is 0 Å². The van der Waals surface area contributed by atoms with Gasteiger partial charge in [-0.3, -0.25) is 9.59 Å². The Kier molecular flexibility index (Phi) is 5.88. The summed E-state index contributed by atoms with van der Waals surface area (Å²) in [5.41, 5.74) is 1.74. The van der Waals surface area contributed by atoms with Gasteiger partial charge in [-0.25, -0.2) is 4.90 Å². The molecule has 0 saturated heterocycles. The molecule has 0 bridgehead atoms. The van der Waals surface area contributed by atoms with Gasteiger partial charge in [0.25, 0.3) is 11.8 Å². The average molecular weight is 439 g/mol. The van der Waals surface area contributed by atoms with E-state index in [0.717, 1.165) is 11.3 Å². The Labute approximate surface area is 183 Å². The number of rotatable bonds is 7. The van der Waals surface area contributed by atoms with Gasteiger partial charge < -0.3 is 10.1 Å². The minimum absolute atomic E-state index is 0.241. The highest BCUT2D eigenvalue weighted by atomic mass is 35.5. The van der Waals surface area contributed by atoms with Gasteiger partial charge in [-0.2, -0.15) is 0 Å². The fraction of sp³-hybridized carbons (Fsp3) is 0.130. The molecule has 0 fully saturated rings. The van der Waals surface area contributed by atoms with E-state index in [1.165, 1.54) is 16.2 Å². The fourth-order valence-electron chi connectivity index (χ4n) is 3.15. The highest BCUT2D eigenvalue weighted by molar-refractivity contribution is 7.11. The number of carbonyl (C=O) groups is 2. The Morgan fingerprint density at radius 2 is 1.83 bits per heavy atom. The van der Waals surface area contributed by atoms with Crippen molar-refractivity contribution in [2.24, 2.45) is 0 Å². The first kappa shape index (κ1) is 20.2. The highest BCUT2D eigenvalue weighted by Gasteiger charge is 2.40. The predicted molar refractivity (Wildman–Crippen MR) is 121 cm³/mol. The number of nitrogens with zero attached hydrogens (tertiary/aromatic N) is 1. The zero-order valence-electron chi connectivity index (χ0n) is 16.2. The Morgan fingerprint density at radius 1 is 1.03 bits per heavy atom. The minimum Gasteiger partial charge on any atom is -0.494 e. The number of amides is 2. The first-order valence-corrected chi connectivity index (χ1v) is 10.8. The minimum atomic E-state index is -0.411. The number of thiophene rings is 1. The molecule has 5 nitrogen and oxygen atoms in total. The molecular formula is C23H19ClN2O3S. The van der Waals surface area contributed by atoms with Crippen molar-refractivity contribution in [1.29, 1.82) is 0 Å². The molecule has 3 aromatic rings. The number of nitrogens with one attached hydrogen (secondary N) is 1. The molecule has 0 aliphatic carbocycles. The molecule has 0 radical (unpaired) electrons. The summed E-state index contributed by atoms with van der Waals surface area (Å²) in [6.45, 7) is 2.64. The number of benzene rings is 2. The van der Waals surface area contributed by atoms with Crippen LogP contribution >= 0.6 is 22.9 Å². The number of halogens is 1. The van der Waals surface area contributed by atoms with Gasteiger partial charge in [-0.05, 0) is 54.3 Å². The summed E-state index contributed by atoms with van der Waals surface area (Å²) in [5.74, 6) is -0.0808. The second-order valence-electron chi connectivity index (χ2n) is 6.65. The van der Waals surface area contributed by atoms with E-state index in [0.29, 0.717) is 34.3 Å². The second kappa shape index (κ2) is 8.73. The topological polar surface area (TPSA) is 58.6 Å². The Morgan fingerprint density at radius 3 is 2.53 bits per heavy atom. The lowest BCUT2D eigenvalue weighted by Gasteiger charge is -2.15. The molecule has 30 heavy (non-hydrogen) atoms. The molecule has 7 heteroatoms. The van der Waals surface area contributed by atoms with Crippen LogP contribution in [0, 0.1) is 0 Å². The quantitative estimate of drug-likeness (QED) is 0.489. The molecule has 152 valence electrons. The number of ether oxygens (including phenoxy) is 1. The van der Waals surface area contributed by atoms with Crippen LogP contribution in [0.25, 0.3) is 5.57 Å². The van der Waals surface area contributed by atoms with E-state index < -0.39 is 5.91 Å². The van der Waals surface area contributed by atoms with Gasteiger partial charge in [0.15, 0.2) is 0 Å². The van der Waals surface area contributed by atoms with Gasteiger partial charge >= 0.3 is 0 Å². The first-order chi connectivity index (χ1) is 14.6. The van der Waals surface area contributed by atoms with Crippen molar-refractivity contribution in [2.75, 3.05) is 16.8 Å². The van der Waals surface area contributed by atoms with Crippen LogP contribution in [0.5, 0.6) is 5.75 Å². The summed E-state index contributed by atoms with van der Waals surface area (Å²) in [4.78, 5) is 28.5. The monoisotopic (exact) mass is 438 g/mol. The summed E-state index contributed by atoms with van der Waals surface area (Å²) in [6.07, 6.45) is 0.897. The fourth-order valence-corrected chi connectivity index (χ4v) is 4.04. The maximum Gasteiger partial charge on any atom is 0.282 e. The van der Waals surface area contributed by atoms with Gasteiger partial charge in [0.2, 0.25) is 0 Å². The van der Waals surface area contributed by atoms with Crippen LogP contribution in [0.4, 0.5) is 11.4 Å². The molecular weight excluding hydrogens is 420 g/mol. The normalized spacial score (nSPS) is 13.9. The standard InChI is InChI=1S/C23H19ClN2O3S/c1-2-12-29-18-6-3-5-16(14-18)25-21-20(19-7-4-13-30-19)22(27)26(23(21)28)17-10-8-15(24)9-11-17/h3-11,13-14,25H,2,12H2,1H3. The molecule has 2 amide bonds. The van der Waals surface area contributed by atoms with Gasteiger partial charge in [0.05, 0.1) is 17.9 Å². The molecule has 4 rings (SSSR count). The van der Waals surface area contributed by atoms with Crippen molar-refractivity contribution in [2.45, 2.75) is 13.3 Å². The second-order valence-corrected chi connectivity index (χ2v) is 8.03. The van der Waals surface area contributed by atoms with Crippen molar-refractivity contribution in [3.8, 4) is 5.75 Å². The van der Waals surface area contributed by atoms with Crippen molar-refractivity contribution >= 4 is 51.7 Å². The maximum absolute atomic E-state index is 13.3. The van der Waals surface area contributed by atoms with Crippen LogP contribution in [0.1, 0.15) is 18.2 Å². The van der Waals surface area contributed by atoms with Gasteiger partial charge in [0, 0.05) is 21.7 Å². The molecule has 0 saturated carbocycles. The van der Waals surface area contributed by atoms with E-state index in [-0.39, 0.29) is 11.6 Å². The van der Waals surface area contributed by atoms with Gasteiger partial charge in [0.1, 0.15) is 11.4 Å². The number of imide groups is 1. The third-order valence-corrected chi connectivity index (χ3v) is 5.65. The third-order valence-electron chi connectivity index (χ3n) is 4.51. The summed E-state index contributed by atoms with van der Waals surface area (Å²) in [5, 5.41) is 5.57. The maximum atomic E-state index is 13.3. The third kappa shape index (κ3) is 3.97. The number of anilines is 2. The van der Waals surface area contributed by atoms with E-state index in [1.807, 2.05) is 48.7 Å². The van der Waals surface area contributed by atoms with Crippen LogP contribution in [0.15, 0.2) is 71.7 Å². The SMILES string of the molecule is CCCOc1cccc(NC2=C(c3cccs3)C(=O)N(c3ccc(Cl)cc3)C2=O)c1. The number of hydrogen-bond acceptors (Lipinski definition) is 5. The molecule has 1 aliphatic heterocycles. The van der Waals surface area contributed by atoms with Crippen LogP contribution in [0.3, 0.4) is 0 Å². The Bertz CT molecular complexity index is 1110. The zero-order valence-corrected chi connectivity index (χ0v) is 17.8. The summed E-state index contributed by atoms with van der Waals surface area (Å²) < 4.78 is 5.68. The van der Waals surface area contributed by atoms with Crippen molar-refractivity contribution < 1.29 is 14.3 Å². The number of hydrogen-bond donors (Lipinski definition) is 1. The summed E-state index contributed by atoms with van der Waals surface area (Å²) in [6, 6.07) is 17.7. The highest BCUT2D eigenvalue weighted by Crippen LogP contribution is 2.36. The summed E-state index contributed by atoms with van der Waals surface area (Å²) in [7, 11) is 0. The molecule has 0 atom stereocenters. The van der Waals surface area contributed by atoms with Gasteiger partial charge in [-0.15, -0.1) is 11.3 Å². The molecule has 2 aromatic carbocycles. The van der Waals surface area contributed by atoms with Crippen molar-refractivity contribution in [1.82, 2.24) is 0 Å². The lowest BCUT2D eigenvalue weighted by molar-refractivity contribution is -0.120. The lowest BCUT2D eigenvalue weighted by Crippen LogP contribution is -2.32. The number of carbonyl (C=O) groups excluding carboxylic acids is 2. The molecule has 0 unspecified atom stereocenters. The molecule has 0 spiro atoms. The lowest BCUT2D eigenvalue weighted by atomic mass is 10.2. The van der Waals surface area contributed by atoms with E-state index in [4.69, 9.17) is 16.3 Å². The van der Waals surface area contributed by atoms with Crippen LogP contribution in [-0.4, -0.2) is 18.4 Å². The van der Waals surface area contributed by atoms with E-state index in [1.54, 1.807) is 24.3 Å². The largest absolute Gasteiger partial charge is 0.494 e. The van der Waals surface area contributed by atoms with E-state index in [9.17, 15) is 9.59 Å². The molecule has 1 aromatic heterocycles.